The first-order valence-corrected chi connectivity index (χ1v) is 5.11. The number of hydrogen-bond donors (Lipinski definition) is 2. The highest BCUT2D eigenvalue weighted by Crippen LogP contribution is 2.05. The first-order chi connectivity index (χ1) is 7.99. The summed E-state index contributed by atoms with van der Waals surface area (Å²) in [6.45, 7) is 1.37. The molecule has 0 aliphatic carbocycles. The number of carbonyl (C=O) groups is 2. The number of aliphatic carboxylic acids is 1. The van der Waals surface area contributed by atoms with Crippen molar-refractivity contribution in [1.82, 2.24) is 0 Å². The Morgan fingerprint density at radius 1 is 1.41 bits per heavy atom. The maximum atomic E-state index is 10.6. The minimum atomic E-state index is -1.02. The average molecular weight is 234 g/mol. The predicted octanol–water partition coefficient (Wildman–Crippen LogP) is 0.606. The molecule has 1 aromatic carbocycles. The van der Waals surface area contributed by atoms with Crippen molar-refractivity contribution in [1.29, 1.82) is 0 Å². The summed E-state index contributed by atoms with van der Waals surface area (Å²) in [6, 6.07) is 6.16. The minimum absolute atomic E-state index is 0.262. The lowest BCUT2D eigenvalue weighted by molar-refractivity contribution is -0.138. The molecule has 5 heteroatoms. The summed E-state index contributed by atoms with van der Waals surface area (Å²) in [7, 11) is 0. The lowest BCUT2D eigenvalue weighted by atomic mass is 10.1. The van der Waals surface area contributed by atoms with E-state index in [0.29, 0.717) is 0 Å². The molecule has 0 heterocycles. The molecule has 0 aliphatic heterocycles. The highest BCUT2D eigenvalue weighted by atomic mass is 16.4. The summed E-state index contributed by atoms with van der Waals surface area (Å²) in [5, 5.41) is 8.66. The summed E-state index contributed by atoms with van der Waals surface area (Å²) < 4.78 is 0. The van der Waals surface area contributed by atoms with Crippen molar-refractivity contribution < 1.29 is 14.7 Å². The Bertz CT molecular complexity index is 438. The number of hydrogen-bond acceptors (Lipinski definition) is 3. The van der Waals surface area contributed by atoms with Gasteiger partial charge in [-0.25, -0.2) is 4.99 Å². The standard InChI is InChI=1S/C12H14N2O3/c1-8(15)14-7-10-4-2-9(3-5-10)6-11(13)12(16)17/h2-5,7,11H,6,13H2,1H3,(H,16,17)/b14-7+/t11-/m0/s1. The highest BCUT2D eigenvalue weighted by molar-refractivity contribution is 5.90. The van der Waals surface area contributed by atoms with Gasteiger partial charge in [0.05, 0.1) is 0 Å². The van der Waals surface area contributed by atoms with Gasteiger partial charge in [0.25, 0.3) is 0 Å². The molecular formula is C12H14N2O3. The fourth-order valence-corrected chi connectivity index (χ4v) is 1.25. The van der Waals surface area contributed by atoms with E-state index in [1.807, 2.05) is 0 Å². The predicted molar refractivity (Wildman–Crippen MR) is 64.0 cm³/mol. The van der Waals surface area contributed by atoms with E-state index in [1.54, 1.807) is 24.3 Å². The second-order valence-electron chi connectivity index (χ2n) is 3.67. The van der Waals surface area contributed by atoms with E-state index < -0.39 is 12.0 Å². The van der Waals surface area contributed by atoms with Gasteiger partial charge in [-0.2, -0.15) is 0 Å². The van der Waals surface area contributed by atoms with Gasteiger partial charge in [0, 0.05) is 13.1 Å². The van der Waals surface area contributed by atoms with Gasteiger partial charge in [0.1, 0.15) is 6.04 Å². The second-order valence-corrected chi connectivity index (χ2v) is 3.67. The quantitative estimate of drug-likeness (QED) is 0.746. The number of benzene rings is 1. The maximum absolute atomic E-state index is 10.6. The molecule has 1 aromatic rings. The zero-order chi connectivity index (χ0) is 12.8. The summed E-state index contributed by atoms with van der Waals surface area (Å²) in [4.78, 5) is 24.8. The van der Waals surface area contributed by atoms with Crippen molar-refractivity contribution in [3.63, 3.8) is 0 Å². The number of aliphatic imine (C=N–C) groups is 1. The largest absolute Gasteiger partial charge is 0.480 e. The number of nitrogens with two attached hydrogens (primary N) is 1. The van der Waals surface area contributed by atoms with Crippen LogP contribution in [0.4, 0.5) is 0 Å². The van der Waals surface area contributed by atoms with E-state index in [2.05, 4.69) is 4.99 Å². The summed E-state index contributed by atoms with van der Waals surface area (Å²) in [6.07, 6.45) is 1.74. The van der Waals surface area contributed by atoms with Crippen molar-refractivity contribution in [2.45, 2.75) is 19.4 Å². The Morgan fingerprint density at radius 3 is 2.47 bits per heavy atom. The molecule has 0 unspecified atom stereocenters. The van der Waals surface area contributed by atoms with Crippen molar-refractivity contribution in [3.05, 3.63) is 35.4 Å². The number of amides is 1. The van der Waals surface area contributed by atoms with Crippen LogP contribution in [0.15, 0.2) is 29.3 Å². The zero-order valence-corrected chi connectivity index (χ0v) is 9.46. The van der Waals surface area contributed by atoms with Crippen LogP contribution in [0.1, 0.15) is 18.1 Å². The topological polar surface area (TPSA) is 92.8 Å². The van der Waals surface area contributed by atoms with Crippen LogP contribution >= 0.6 is 0 Å². The third-order valence-corrected chi connectivity index (χ3v) is 2.15. The first-order valence-electron chi connectivity index (χ1n) is 5.11. The van der Waals surface area contributed by atoms with Gasteiger partial charge in [0.2, 0.25) is 5.91 Å². The van der Waals surface area contributed by atoms with Crippen LogP contribution in [0, 0.1) is 0 Å². The Kier molecular flexibility index (Phi) is 4.54. The van der Waals surface area contributed by atoms with Crippen molar-refractivity contribution in [2.75, 3.05) is 0 Å². The summed E-state index contributed by atoms with van der Waals surface area (Å²) in [5.74, 6) is -1.28. The molecule has 0 saturated heterocycles. The fraction of sp³-hybridized carbons (Fsp3) is 0.250. The summed E-state index contributed by atoms with van der Waals surface area (Å²) in [5.41, 5.74) is 7.03. The molecule has 3 N–H and O–H groups in total. The van der Waals surface area contributed by atoms with Gasteiger partial charge >= 0.3 is 5.97 Å². The van der Waals surface area contributed by atoms with Gasteiger partial charge < -0.3 is 10.8 Å². The normalized spacial score (nSPS) is 12.6. The molecule has 0 saturated carbocycles. The van der Waals surface area contributed by atoms with Crippen LogP contribution in [0.5, 0.6) is 0 Å². The zero-order valence-electron chi connectivity index (χ0n) is 9.46. The third-order valence-electron chi connectivity index (χ3n) is 2.15. The van der Waals surface area contributed by atoms with Gasteiger partial charge in [-0.1, -0.05) is 24.3 Å². The molecule has 1 amide bonds. The summed E-state index contributed by atoms with van der Waals surface area (Å²) >= 11 is 0. The van der Waals surface area contributed by atoms with Crippen LogP contribution in [0.2, 0.25) is 0 Å². The van der Waals surface area contributed by atoms with E-state index in [-0.39, 0.29) is 12.3 Å². The van der Waals surface area contributed by atoms with E-state index in [9.17, 15) is 9.59 Å². The molecule has 90 valence electrons. The smallest absolute Gasteiger partial charge is 0.320 e. The fourth-order valence-electron chi connectivity index (χ4n) is 1.25. The Morgan fingerprint density at radius 2 is 2.00 bits per heavy atom. The number of carbonyl (C=O) groups excluding carboxylic acids is 1. The molecule has 1 atom stereocenters. The molecule has 0 fully saturated rings. The number of nitrogens with zero attached hydrogens (tertiary/aromatic N) is 1. The van der Waals surface area contributed by atoms with E-state index >= 15 is 0 Å². The van der Waals surface area contributed by atoms with Gasteiger partial charge in [-0.15, -0.1) is 0 Å². The SMILES string of the molecule is CC(=O)/N=C/c1ccc(C[C@H](N)C(=O)O)cc1. The lowest BCUT2D eigenvalue weighted by Gasteiger charge is -2.06. The van der Waals surface area contributed by atoms with Crippen molar-refractivity contribution in [2.24, 2.45) is 10.7 Å². The maximum Gasteiger partial charge on any atom is 0.320 e. The second kappa shape index (κ2) is 5.91. The Balaban J connectivity index is 2.68. The molecular weight excluding hydrogens is 220 g/mol. The highest BCUT2D eigenvalue weighted by Gasteiger charge is 2.11. The lowest BCUT2D eigenvalue weighted by Crippen LogP contribution is -2.32. The van der Waals surface area contributed by atoms with Crippen molar-refractivity contribution >= 4 is 18.1 Å². The molecule has 17 heavy (non-hydrogen) atoms. The van der Waals surface area contributed by atoms with Crippen LogP contribution in [-0.2, 0) is 16.0 Å². The minimum Gasteiger partial charge on any atom is -0.480 e. The Hall–Kier alpha value is -2.01. The van der Waals surface area contributed by atoms with Crippen LogP contribution < -0.4 is 5.73 Å². The molecule has 0 spiro atoms. The van der Waals surface area contributed by atoms with Gasteiger partial charge in [0.15, 0.2) is 0 Å². The van der Waals surface area contributed by atoms with Crippen LogP contribution in [-0.4, -0.2) is 29.2 Å². The Labute approximate surface area is 99.0 Å². The first kappa shape index (κ1) is 13.1. The molecule has 1 rings (SSSR count). The number of carboxylic acids is 1. The number of carboxylic acid groups (broad SMARTS) is 1. The van der Waals surface area contributed by atoms with Crippen molar-refractivity contribution in [3.8, 4) is 0 Å². The molecule has 5 nitrogen and oxygen atoms in total. The molecule has 0 radical (unpaired) electrons. The number of rotatable bonds is 4. The van der Waals surface area contributed by atoms with Gasteiger partial charge in [-0.05, 0) is 17.5 Å². The molecule has 0 aromatic heterocycles. The monoisotopic (exact) mass is 234 g/mol. The van der Waals surface area contributed by atoms with E-state index in [1.165, 1.54) is 13.1 Å². The van der Waals surface area contributed by atoms with E-state index in [4.69, 9.17) is 10.8 Å². The van der Waals surface area contributed by atoms with E-state index in [0.717, 1.165) is 11.1 Å². The molecule has 0 bridgehead atoms. The van der Waals surface area contributed by atoms with Gasteiger partial charge in [-0.3, -0.25) is 9.59 Å². The molecule has 0 aliphatic rings. The van der Waals surface area contributed by atoms with Crippen LogP contribution in [0.25, 0.3) is 0 Å². The third kappa shape index (κ3) is 4.56. The van der Waals surface area contributed by atoms with Crippen LogP contribution in [0.3, 0.4) is 0 Å². The average Bonchev–Trinajstić information content (AvgIpc) is 2.28.